The molecular formula is C14H12F2OS. The van der Waals surface area contributed by atoms with E-state index in [0.29, 0.717) is 11.3 Å². The van der Waals surface area contributed by atoms with E-state index in [9.17, 15) is 8.78 Å². The molecule has 0 saturated carbocycles. The Morgan fingerprint density at radius 3 is 2.39 bits per heavy atom. The molecule has 0 heterocycles. The molecule has 0 bridgehead atoms. The van der Waals surface area contributed by atoms with Gasteiger partial charge in [0.05, 0.1) is 6.61 Å². The van der Waals surface area contributed by atoms with Crippen molar-refractivity contribution in [1.29, 1.82) is 0 Å². The van der Waals surface area contributed by atoms with Crippen LogP contribution in [0.3, 0.4) is 0 Å². The predicted octanol–water partition coefficient (Wildman–Crippen LogP) is 3.75. The number of aliphatic hydroxyl groups is 1. The fraction of sp³-hybridized carbons (Fsp3) is 0.143. The summed E-state index contributed by atoms with van der Waals surface area (Å²) in [7, 11) is 0. The van der Waals surface area contributed by atoms with Crippen LogP contribution in [0.15, 0.2) is 47.4 Å². The average molecular weight is 266 g/mol. The highest BCUT2D eigenvalue weighted by atomic mass is 32.2. The van der Waals surface area contributed by atoms with Crippen LogP contribution in [-0.2, 0) is 12.4 Å². The monoisotopic (exact) mass is 266 g/mol. The zero-order chi connectivity index (χ0) is 13.0. The Labute approximate surface area is 108 Å². The second-order valence-corrected chi connectivity index (χ2v) is 4.85. The van der Waals surface area contributed by atoms with Gasteiger partial charge in [-0.15, -0.1) is 11.8 Å². The van der Waals surface area contributed by atoms with Crippen molar-refractivity contribution in [1.82, 2.24) is 0 Å². The molecule has 18 heavy (non-hydrogen) atoms. The maximum absolute atomic E-state index is 13.4. The normalized spacial score (nSPS) is 10.6. The van der Waals surface area contributed by atoms with Crippen molar-refractivity contribution in [2.45, 2.75) is 17.3 Å². The number of thioether (sulfide) groups is 1. The fourth-order valence-corrected chi connectivity index (χ4v) is 2.39. The van der Waals surface area contributed by atoms with Crippen molar-refractivity contribution >= 4 is 11.8 Å². The van der Waals surface area contributed by atoms with Gasteiger partial charge in [-0.3, -0.25) is 0 Å². The summed E-state index contributed by atoms with van der Waals surface area (Å²) in [5.41, 5.74) is 1.18. The maximum atomic E-state index is 13.4. The second-order valence-electron chi connectivity index (χ2n) is 3.80. The van der Waals surface area contributed by atoms with Gasteiger partial charge in [-0.25, -0.2) is 8.78 Å². The quantitative estimate of drug-likeness (QED) is 0.850. The summed E-state index contributed by atoms with van der Waals surface area (Å²) < 4.78 is 26.4. The van der Waals surface area contributed by atoms with Gasteiger partial charge in [0.25, 0.3) is 0 Å². The topological polar surface area (TPSA) is 20.2 Å². The number of halogens is 2. The standard InChI is InChI=1S/C14H12F2OS/c15-13-3-1-2-11(14(13)16)9-18-12-6-4-10(8-17)5-7-12/h1-7,17H,8-9H2. The van der Waals surface area contributed by atoms with E-state index in [1.54, 1.807) is 6.07 Å². The average Bonchev–Trinajstić information content (AvgIpc) is 2.41. The van der Waals surface area contributed by atoms with Gasteiger partial charge >= 0.3 is 0 Å². The van der Waals surface area contributed by atoms with E-state index in [1.165, 1.54) is 17.8 Å². The van der Waals surface area contributed by atoms with E-state index in [2.05, 4.69) is 0 Å². The molecular weight excluding hydrogens is 254 g/mol. The van der Waals surface area contributed by atoms with Crippen molar-refractivity contribution < 1.29 is 13.9 Å². The molecule has 2 aromatic carbocycles. The van der Waals surface area contributed by atoms with E-state index >= 15 is 0 Å². The molecule has 4 heteroatoms. The first kappa shape index (κ1) is 13.1. The fourth-order valence-electron chi connectivity index (χ4n) is 1.51. The lowest BCUT2D eigenvalue weighted by molar-refractivity contribution is 0.282. The Bertz CT molecular complexity index is 526. The summed E-state index contributed by atoms with van der Waals surface area (Å²) in [5.74, 6) is -1.22. The summed E-state index contributed by atoms with van der Waals surface area (Å²) >= 11 is 1.43. The van der Waals surface area contributed by atoms with Gasteiger partial charge in [-0.05, 0) is 23.8 Å². The predicted molar refractivity (Wildman–Crippen MR) is 68.3 cm³/mol. The zero-order valence-corrected chi connectivity index (χ0v) is 10.4. The van der Waals surface area contributed by atoms with Crippen LogP contribution >= 0.6 is 11.8 Å². The summed E-state index contributed by atoms with van der Waals surface area (Å²) in [6.07, 6.45) is 0. The van der Waals surface area contributed by atoms with Crippen LogP contribution in [-0.4, -0.2) is 5.11 Å². The van der Waals surface area contributed by atoms with E-state index in [4.69, 9.17) is 5.11 Å². The third kappa shape index (κ3) is 3.09. The Morgan fingerprint density at radius 1 is 1.00 bits per heavy atom. The molecule has 0 fully saturated rings. The van der Waals surface area contributed by atoms with Gasteiger partial charge in [0.2, 0.25) is 0 Å². The van der Waals surface area contributed by atoms with Crippen molar-refractivity contribution in [3.8, 4) is 0 Å². The van der Waals surface area contributed by atoms with Crippen LogP contribution in [0.5, 0.6) is 0 Å². The van der Waals surface area contributed by atoms with Gasteiger partial charge in [0.15, 0.2) is 11.6 Å². The van der Waals surface area contributed by atoms with Crippen molar-refractivity contribution in [3.05, 3.63) is 65.2 Å². The van der Waals surface area contributed by atoms with Gasteiger partial charge in [0.1, 0.15) is 0 Å². The Morgan fingerprint density at radius 2 is 1.72 bits per heavy atom. The number of hydrogen-bond acceptors (Lipinski definition) is 2. The smallest absolute Gasteiger partial charge is 0.162 e. The molecule has 1 N–H and O–H groups in total. The third-order valence-corrected chi connectivity index (χ3v) is 3.59. The molecule has 0 radical (unpaired) electrons. The lowest BCUT2D eigenvalue weighted by atomic mass is 10.2. The molecule has 2 aromatic rings. The number of benzene rings is 2. The second kappa shape index (κ2) is 5.98. The Balaban J connectivity index is 2.04. The number of aliphatic hydroxyl groups excluding tert-OH is 1. The number of hydrogen-bond donors (Lipinski definition) is 1. The van der Waals surface area contributed by atoms with Crippen LogP contribution in [0.2, 0.25) is 0 Å². The first-order valence-corrected chi connectivity index (χ1v) is 6.45. The molecule has 1 nitrogen and oxygen atoms in total. The van der Waals surface area contributed by atoms with Gasteiger partial charge < -0.3 is 5.11 Å². The van der Waals surface area contributed by atoms with E-state index in [1.807, 2.05) is 24.3 Å². The first-order valence-electron chi connectivity index (χ1n) is 5.46. The highest BCUT2D eigenvalue weighted by Crippen LogP contribution is 2.25. The molecule has 94 valence electrons. The van der Waals surface area contributed by atoms with Crippen molar-refractivity contribution in [2.24, 2.45) is 0 Å². The summed E-state index contributed by atoms with van der Waals surface area (Å²) in [4.78, 5) is 0.955. The summed E-state index contributed by atoms with van der Waals surface area (Å²) in [6.45, 7) is 0.00344. The summed E-state index contributed by atoms with van der Waals surface area (Å²) in [6, 6.07) is 11.5. The SMILES string of the molecule is OCc1ccc(SCc2cccc(F)c2F)cc1. The maximum Gasteiger partial charge on any atom is 0.162 e. The molecule has 0 unspecified atom stereocenters. The number of rotatable bonds is 4. The van der Waals surface area contributed by atoms with Gasteiger partial charge in [-0.1, -0.05) is 24.3 Å². The lowest BCUT2D eigenvalue weighted by Gasteiger charge is -2.04. The molecule has 2 rings (SSSR count). The van der Waals surface area contributed by atoms with Crippen LogP contribution in [0, 0.1) is 11.6 Å². The largest absolute Gasteiger partial charge is 0.392 e. The molecule has 0 amide bonds. The highest BCUT2D eigenvalue weighted by molar-refractivity contribution is 7.98. The van der Waals surface area contributed by atoms with Crippen molar-refractivity contribution in [2.75, 3.05) is 0 Å². The van der Waals surface area contributed by atoms with Gasteiger partial charge in [-0.2, -0.15) is 0 Å². The van der Waals surface area contributed by atoms with Crippen LogP contribution in [0.4, 0.5) is 8.78 Å². The minimum atomic E-state index is -0.816. The first-order chi connectivity index (χ1) is 8.70. The molecule has 0 aliphatic rings. The molecule has 0 atom stereocenters. The molecule has 0 aliphatic carbocycles. The van der Waals surface area contributed by atoms with E-state index < -0.39 is 11.6 Å². The molecule has 0 saturated heterocycles. The van der Waals surface area contributed by atoms with Crippen LogP contribution in [0.1, 0.15) is 11.1 Å². The molecule has 0 aromatic heterocycles. The Hall–Kier alpha value is -1.39. The van der Waals surface area contributed by atoms with Gasteiger partial charge in [0, 0.05) is 16.2 Å². The van der Waals surface area contributed by atoms with E-state index in [0.717, 1.165) is 16.5 Å². The minimum Gasteiger partial charge on any atom is -0.392 e. The molecule has 0 spiro atoms. The summed E-state index contributed by atoms with van der Waals surface area (Å²) in [5, 5.41) is 8.91. The lowest BCUT2D eigenvalue weighted by Crippen LogP contribution is -1.91. The van der Waals surface area contributed by atoms with Crippen LogP contribution < -0.4 is 0 Å². The van der Waals surface area contributed by atoms with Crippen LogP contribution in [0.25, 0.3) is 0 Å². The minimum absolute atomic E-state index is 0.00344. The van der Waals surface area contributed by atoms with E-state index in [-0.39, 0.29) is 6.61 Å². The highest BCUT2D eigenvalue weighted by Gasteiger charge is 2.07. The third-order valence-electron chi connectivity index (χ3n) is 2.53. The Kier molecular flexibility index (Phi) is 4.33. The van der Waals surface area contributed by atoms with Crippen molar-refractivity contribution in [3.63, 3.8) is 0 Å². The molecule has 0 aliphatic heterocycles. The zero-order valence-electron chi connectivity index (χ0n) is 9.57.